The third-order valence-corrected chi connectivity index (χ3v) is 5.70. The number of fused-ring (bicyclic) bond motifs is 3. The van der Waals surface area contributed by atoms with Gasteiger partial charge in [-0.25, -0.2) is 4.79 Å². The zero-order valence-electron chi connectivity index (χ0n) is 18.3. The van der Waals surface area contributed by atoms with Gasteiger partial charge in [0, 0.05) is 13.0 Å². The molecule has 0 radical (unpaired) electrons. The number of rotatable bonds is 10. The maximum absolute atomic E-state index is 11.5. The van der Waals surface area contributed by atoms with Crippen molar-refractivity contribution in [2.75, 3.05) is 13.2 Å². The Morgan fingerprint density at radius 1 is 0.906 bits per heavy atom. The summed E-state index contributed by atoms with van der Waals surface area (Å²) in [5.74, 6) is -0.172. The zero-order chi connectivity index (χ0) is 22.3. The van der Waals surface area contributed by atoms with Crippen LogP contribution in [0, 0.1) is 0 Å². The summed E-state index contributed by atoms with van der Waals surface area (Å²) in [5.41, 5.74) is 7.09. The number of benzene rings is 3. The van der Waals surface area contributed by atoms with E-state index in [9.17, 15) is 9.90 Å². The van der Waals surface area contributed by atoms with Crippen LogP contribution in [0.4, 0.5) is 0 Å². The summed E-state index contributed by atoms with van der Waals surface area (Å²) in [6.45, 7) is 2.98. The van der Waals surface area contributed by atoms with Crippen LogP contribution >= 0.6 is 0 Å². The molecule has 4 nitrogen and oxygen atoms in total. The molecule has 0 spiro atoms. The summed E-state index contributed by atoms with van der Waals surface area (Å²) < 4.78 is 11.5. The molecule has 1 aliphatic rings. The minimum atomic E-state index is -0.926. The van der Waals surface area contributed by atoms with Crippen molar-refractivity contribution in [2.45, 2.75) is 32.3 Å². The Balaban J connectivity index is 1.40. The number of aliphatic carboxylic acids is 1. The molecule has 3 aromatic rings. The van der Waals surface area contributed by atoms with Gasteiger partial charge < -0.3 is 14.6 Å². The normalized spacial score (nSPS) is 12.7. The van der Waals surface area contributed by atoms with Crippen LogP contribution in [0.2, 0.25) is 0 Å². The molecule has 0 aliphatic heterocycles. The standard InChI is InChI=1S/C28H28O4/c1-2-3-17-32-27(28(29)30)19-20-12-14-21(15-13-20)31-18-16-26-24-10-6-4-8-22(24)23-9-5-7-11-25(23)26/h4-16,27H,2-3,17-19H2,1H3,(H,29,30). The molecule has 32 heavy (non-hydrogen) atoms. The number of carboxylic acid groups (broad SMARTS) is 1. The van der Waals surface area contributed by atoms with Crippen LogP contribution in [0.1, 0.15) is 36.5 Å². The van der Waals surface area contributed by atoms with E-state index in [-0.39, 0.29) is 0 Å². The first-order chi connectivity index (χ1) is 15.7. The zero-order valence-corrected chi connectivity index (χ0v) is 18.3. The van der Waals surface area contributed by atoms with Gasteiger partial charge in [0.05, 0.1) is 0 Å². The molecule has 1 unspecified atom stereocenters. The lowest BCUT2D eigenvalue weighted by Crippen LogP contribution is -2.26. The van der Waals surface area contributed by atoms with E-state index in [1.807, 2.05) is 24.3 Å². The number of hydrogen-bond acceptors (Lipinski definition) is 3. The maximum atomic E-state index is 11.5. The summed E-state index contributed by atoms with van der Waals surface area (Å²) in [5, 5.41) is 9.39. The Morgan fingerprint density at radius 2 is 1.50 bits per heavy atom. The lowest BCUT2D eigenvalue weighted by molar-refractivity contribution is -0.150. The molecule has 1 N–H and O–H groups in total. The second kappa shape index (κ2) is 10.3. The highest BCUT2D eigenvalue weighted by Crippen LogP contribution is 2.43. The molecule has 0 amide bonds. The average molecular weight is 429 g/mol. The van der Waals surface area contributed by atoms with Gasteiger partial charge in [-0.3, -0.25) is 0 Å². The fourth-order valence-electron chi connectivity index (χ4n) is 4.02. The Morgan fingerprint density at radius 3 is 2.06 bits per heavy atom. The number of unbranched alkanes of at least 4 members (excludes halogenated alkanes) is 1. The summed E-state index contributed by atoms with van der Waals surface area (Å²) in [4.78, 5) is 11.5. The van der Waals surface area contributed by atoms with Gasteiger partial charge in [-0.2, -0.15) is 0 Å². The van der Waals surface area contributed by atoms with E-state index in [4.69, 9.17) is 9.47 Å². The molecule has 0 saturated carbocycles. The molecular weight excluding hydrogens is 400 g/mol. The van der Waals surface area contributed by atoms with Crippen molar-refractivity contribution in [3.63, 3.8) is 0 Å². The van der Waals surface area contributed by atoms with Crippen LogP contribution in [-0.4, -0.2) is 30.4 Å². The molecule has 0 bridgehead atoms. The van der Waals surface area contributed by atoms with Crippen LogP contribution < -0.4 is 4.74 Å². The van der Waals surface area contributed by atoms with E-state index in [0.717, 1.165) is 24.2 Å². The lowest BCUT2D eigenvalue weighted by atomic mass is 10.0. The van der Waals surface area contributed by atoms with Gasteiger partial charge in [0.1, 0.15) is 12.4 Å². The van der Waals surface area contributed by atoms with Crippen molar-refractivity contribution in [3.05, 3.63) is 95.6 Å². The van der Waals surface area contributed by atoms with Crippen molar-refractivity contribution in [2.24, 2.45) is 0 Å². The summed E-state index contributed by atoms with van der Waals surface area (Å²) in [6, 6.07) is 24.5. The quantitative estimate of drug-likeness (QED) is 0.315. The molecule has 4 rings (SSSR count). The molecule has 1 aliphatic carbocycles. The first-order valence-corrected chi connectivity index (χ1v) is 11.1. The Bertz CT molecular complexity index is 1050. The van der Waals surface area contributed by atoms with Crippen molar-refractivity contribution >= 4 is 11.5 Å². The molecule has 164 valence electrons. The van der Waals surface area contributed by atoms with Gasteiger partial charge in [0.15, 0.2) is 6.10 Å². The van der Waals surface area contributed by atoms with Gasteiger partial charge in [-0.05, 0) is 58.0 Å². The van der Waals surface area contributed by atoms with Crippen molar-refractivity contribution in [1.29, 1.82) is 0 Å². The van der Waals surface area contributed by atoms with E-state index in [0.29, 0.717) is 19.6 Å². The fourth-order valence-corrected chi connectivity index (χ4v) is 4.02. The Labute approximate surface area is 189 Å². The van der Waals surface area contributed by atoms with Crippen LogP contribution in [-0.2, 0) is 16.0 Å². The Kier molecular flexibility index (Phi) is 7.03. The largest absolute Gasteiger partial charge is 0.490 e. The smallest absolute Gasteiger partial charge is 0.333 e. The number of carboxylic acids is 1. The van der Waals surface area contributed by atoms with Crippen LogP contribution in [0.25, 0.3) is 16.7 Å². The highest BCUT2D eigenvalue weighted by atomic mass is 16.5. The van der Waals surface area contributed by atoms with Gasteiger partial charge in [0.2, 0.25) is 0 Å². The van der Waals surface area contributed by atoms with Crippen LogP contribution in [0.5, 0.6) is 5.75 Å². The van der Waals surface area contributed by atoms with E-state index in [1.165, 1.54) is 27.8 Å². The van der Waals surface area contributed by atoms with Gasteiger partial charge in [0.25, 0.3) is 0 Å². The summed E-state index contributed by atoms with van der Waals surface area (Å²) >= 11 is 0. The first-order valence-electron chi connectivity index (χ1n) is 11.1. The summed E-state index contributed by atoms with van der Waals surface area (Å²) in [6.07, 6.45) is 3.49. The second-order valence-corrected chi connectivity index (χ2v) is 7.92. The third-order valence-electron chi connectivity index (χ3n) is 5.70. The van der Waals surface area contributed by atoms with Gasteiger partial charge in [-0.1, -0.05) is 74.0 Å². The molecule has 0 saturated heterocycles. The molecule has 0 heterocycles. The molecule has 0 fully saturated rings. The minimum Gasteiger partial charge on any atom is -0.490 e. The highest BCUT2D eigenvalue weighted by molar-refractivity contribution is 6.01. The molecule has 4 heteroatoms. The molecule has 1 atom stereocenters. The molecule has 0 aromatic heterocycles. The van der Waals surface area contributed by atoms with Crippen molar-refractivity contribution in [1.82, 2.24) is 0 Å². The van der Waals surface area contributed by atoms with E-state index < -0.39 is 12.1 Å². The molecular formula is C28H28O4. The van der Waals surface area contributed by atoms with Crippen LogP contribution in [0.15, 0.2) is 78.9 Å². The van der Waals surface area contributed by atoms with Gasteiger partial charge in [-0.15, -0.1) is 0 Å². The van der Waals surface area contributed by atoms with Crippen LogP contribution in [0.3, 0.4) is 0 Å². The lowest BCUT2D eigenvalue weighted by Gasteiger charge is -2.14. The predicted molar refractivity (Wildman–Crippen MR) is 127 cm³/mol. The number of carbonyl (C=O) groups is 1. The molecule has 3 aromatic carbocycles. The van der Waals surface area contributed by atoms with Crippen molar-refractivity contribution in [3.8, 4) is 16.9 Å². The maximum Gasteiger partial charge on any atom is 0.333 e. The number of hydrogen-bond donors (Lipinski definition) is 1. The average Bonchev–Trinajstić information content (AvgIpc) is 3.13. The van der Waals surface area contributed by atoms with E-state index >= 15 is 0 Å². The van der Waals surface area contributed by atoms with Gasteiger partial charge >= 0.3 is 5.97 Å². The Hall–Kier alpha value is -3.37. The minimum absolute atomic E-state index is 0.344. The van der Waals surface area contributed by atoms with Crippen molar-refractivity contribution < 1.29 is 19.4 Å². The topological polar surface area (TPSA) is 55.8 Å². The second-order valence-electron chi connectivity index (χ2n) is 7.92. The predicted octanol–water partition coefficient (Wildman–Crippen LogP) is 5.99. The SMILES string of the molecule is CCCCOC(Cc1ccc(OCC=C2c3ccccc3-c3ccccc32)cc1)C(=O)O. The highest BCUT2D eigenvalue weighted by Gasteiger charge is 2.22. The first kappa shape index (κ1) is 21.8. The number of ether oxygens (including phenoxy) is 2. The monoisotopic (exact) mass is 428 g/mol. The van der Waals surface area contributed by atoms with E-state index in [1.54, 1.807) is 0 Å². The fraction of sp³-hybridized carbons (Fsp3) is 0.250. The van der Waals surface area contributed by atoms with E-state index in [2.05, 4.69) is 61.5 Å². The third kappa shape index (κ3) is 4.92. The summed E-state index contributed by atoms with van der Waals surface area (Å²) in [7, 11) is 0.